The molecule has 2 aromatic heterocycles. The number of methoxy groups -OCH3 is 2. The van der Waals surface area contributed by atoms with E-state index < -0.39 is 0 Å². The Balaban J connectivity index is 1.31. The van der Waals surface area contributed by atoms with Crippen LogP contribution in [-0.4, -0.2) is 53.6 Å². The van der Waals surface area contributed by atoms with Crippen molar-refractivity contribution in [3.05, 3.63) is 55.0 Å². The highest BCUT2D eigenvalue weighted by atomic mass is 16.5. The van der Waals surface area contributed by atoms with Crippen LogP contribution in [0.4, 0.5) is 11.4 Å². The summed E-state index contributed by atoms with van der Waals surface area (Å²) in [5.74, 6) is 2.92. The van der Waals surface area contributed by atoms with E-state index in [1.54, 1.807) is 14.2 Å². The van der Waals surface area contributed by atoms with Gasteiger partial charge in [-0.2, -0.15) is 5.10 Å². The molecule has 1 saturated heterocycles. The third-order valence-electron chi connectivity index (χ3n) is 7.46. The first kappa shape index (κ1) is 23.7. The van der Waals surface area contributed by atoms with Crippen LogP contribution in [0.2, 0.25) is 0 Å². The SMILES string of the molecule is COc1cc(OC)cc(N(CC2CC2)c2ccc3ncc(-c4cnn(CC5CCNCC5)c4)nc3c2)c1. The zero-order valence-electron chi connectivity index (χ0n) is 21.6. The summed E-state index contributed by atoms with van der Waals surface area (Å²) in [6.07, 6.45) is 10.8. The van der Waals surface area contributed by atoms with Crippen molar-refractivity contribution in [2.45, 2.75) is 32.2 Å². The van der Waals surface area contributed by atoms with E-state index in [4.69, 9.17) is 19.4 Å². The predicted molar refractivity (Wildman–Crippen MR) is 146 cm³/mol. The molecule has 0 spiro atoms. The largest absolute Gasteiger partial charge is 0.497 e. The van der Waals surface area contributed by atoms with Gasteiger partial charge in [-0.25, -0.2) is 4.98 Å². The number of ether oxygens (including phenoxy) is 2. The molecule has 8 nitrogen and oxygen atoms in total. The van der Waals surface area contributed by atoms with E-state index in [1.807, 2.05) is 18.5 Å². The van der Waals surface area contributed by atoms with Crippen LogP contribution in [0.5, 0.6) is 11.5 Å². The molecule has 3 heterocycles. The Morgan fingerprint density at radius 3 is 2.41 bits per heavy atom. The maximum atomic E-state index is 5.55. The number of hydrogen-bond donors (Lipinski definition) is 1. The summed E-state index contributed by atoms with van der Waals surface area (Å²) >= 11 is 0. The first-order chi connectivity index (χ1) is 18.2. The summed E-state index contributed by atoms with van der Waals surface area (Å²) in [7, 11) is 3.37. The molecule has 0 amide bonds. The number of nitrogens with zero attached hydrogens (tertiary/aromatic N) is 5. The van der Waals surface area contributed by atoms with Gasteiger partial charge in [-0.05, 0) is 68.8 Å². The van der Waals surface area contributed by atoms with Crippen molar-refractivity contribution in [2.75, 3.05) is 38.8 Å². The van der Waals surface area contributed by atoms with Crippen molar-refractivity contribution < 1.29 is 9.47 Å². The van der Waals surface area contributed by atoms with Crippen molar-refractivity contribution in [1.29, 1.82) is 0 Å². The third kappa shape index (κ3) is 5.39. The number of fused-ring (bicyclic) bond motifs is 1. The van der Waals surface area contributed by atoms with Crippen molar-refractivity contribution in [3.63, 3.8) is 0 Å². The number of benzene rings is 2. The van der Waals surface area contributed by atoms with Crippen molar-refractivity contribution in [1.82, 2.24) is 25.1 Å². The van der Waals surface area contributed by atoms with E-state index in [1.165, 1.54) is 25.7 Å². The number of hydrogen-bond acceptors (Lipinski definition) is 7. The molecule has 1 saturated carbocycles. The molecule has 0 atom stereocenters. The Morgan fingerprint density at radius 1 is 0.892 bits per heavy atom. The van der Waals surface area contributed by atoms with Crippen LogP contribution in [0.1, 0.15) is 25.7 Å². The summed E-state index contributed by atoms with van der Waals surface area (Å²) in [5.41, 5.74) is 5.73. The van der Waals surface area contributed by atoms with Crippen LogP contribution < -0.4 is 19.7 Å². The van der Waals surface area contributed by atoms with Crippen LogP contribution in [0.25, 0.3) is 22.3 Å². The lowest BCUT2D eigenvalue weighted by atomic mass is 9.98. The Hall–Kier alpha value is -3.65. The first-order valence-electron chi connectivity index (χ1n) is 13.2. The maximum absolute atomic E-state index is 5.55. The fraction of sp³-hybridized carbons (Fsp3) is 0.414. The second-order valence-corrected chi connectivity index (χ2v) is 10.2. The minimum absolute atomic E-state index is 0.673. The molecule has 2 aromatic carbocycles. The molecule has 4 aromatic rings. The van der Waals surface area contributed by atoms with Gasteiger partial charge >= 0.3 is 0 Å². The topological polar surface area (TPSA) is 77.3 Å². The number of piperidine rings is 1. The lowest BCUT2D eigenvalue weighted by Crippen LogP contribution is -2.29. The molecule has 1 N–H and O–H groups in total. The first-order valence-corrected chi connectivity index (χ1v) is 13.2. The van der Waals surface area contributed by atoms with Crippen molar-refractivity contribution in [2.24, 2.45) is 11.8 Å². The van der Waals surface area contributed by atoms with Crippen LogP contribution in [0.15, 0.2) is 55.0 Å². The van der Waals surface area contributed by atoms with Crippen LogP contribution >= 0.6 is 0 Å². The fourth-order valence-corrected chi connectivity index (χ4v) is 5.10. The standard InChI is InChI=1S/C29H34N6O2/c1-36-25-11-24(12-26(14-25)37-2)35(18-20-3-4-20)23-5-6-27-28(13-23)33-29(16-31-27)22-15-32-34(19-22)17-21-7-9-30-10-8-21/h5-6,11-16,19-21,30H,3-4,7-10,17-18H2,1-2H3. The van der Waals surface area contributed by atoms with E-state index >= 15 is 0 Å². The number of nitrogens with one attached hydrogen (secondary N) is 1. The van der Waals surface area contributed by atoms with E-state index in [9.17, 15) is 0 Å². The summed E-state index contributed by atoms with van der Waals surface area (Å²) in [4.78, 5) is 12.1. The van der Waals surface area contributed by atoms with Crippen molar-refractivity contribution in [3.8, 4) is 22.8 Å². The summed E-state index contributed by atoms with van der Waals surface area (Å²) in [6.45, 7) is 4.08. The molecule has 8 heteroatoms. The van der Waals surface area contributed by atoms with Gasteiger partial charge in [-0.3, -0.25) is 9.67 Å². The minimum Gasteiger partial charge on any atom is -0.497 e. The number of rotatable bonds is 9. The Labute approximate surface area is 217 Å². The lowest BCUT2D eigenvalue weighted by Gasteiger charge is -2.26. The molecule has 0 bridgehead atoms. The highest BCUT2D eigenvalue weighted by Crippen LogP contribution is 2.38. The molecule has 0 unspecified atom stereocenters. The van der Waals surface area contributed by atoms with E-state index in [0.717, 1.165) is 71.3 Å². The van der Waals surface area contributed by atoms with Gasteiger partial charge < -0.3 is 19.7 Å². The Kier molecular flexibility index (Phi) is 6.66. The van der Waals surface area contributed by atoms with Crippen LogP contribution in [0.3, 0.4) is 0 Å². The molecule has 0 radical (unpaired) electrons. The summed E-state index contributed by atoms with van der Waals surface area (Å²) < 4.78 is 13.2. The van der Waals surface area contributed by atoms with E-state index in [2.05, 4.69) is 56.5 Å². The molecular weight excluding hydrogens is 464 g/mol. The molecule has 1 aliphatic carbocycles. The zero-order valence-corrected chi connectivity index (χ0v) is 21.6. The molecule has 37 heavy (non-hydrogen) atoms. The van der Waals surface area contributed by atoms with Gasteiger partial charge in [0.1, 0.15) is 11.5 Å². The Bertz CT molecular complexity index is 1350. The van der Waals surface area contributed by atoms with Crippen molar-refractivity contribution >= 4 is 22.4 Å². The smallest absolute Gasteiger partial charge is 0.124 e. The molecule has 192 valence electrons. The van der Waals surface area contributed by atoms with Gasteiger partial charge in [0.25, 0.3) is 0 Å². The summed E-state index contributed by atoms with van der Waals surface area (Å²) in [5, 5.41) is 8.05. The van der Waals surface area contributed by atoms with E-state index in [-0.39, 0.29) is 0 Å². The highest BCUT2D eigenvalue weighted by molar-refractivity contribution is 5.82. The molecule has 6 rings (SSSR count). The molecular formula is C29H34N6O2. The normalized spacial score (nSPS) is 16.2. The maximum Gasteiger partial charge on any atom is 0.124 e. The average Bonchev–Trinajstić information content (AvgIpc) is 3.66. The lowest BCUT2D eigenvalue weighted by molar-refractivity contribution is 0.321. The summed E-state index contributed by atoms with van der Waals surface area (Å²) in [6, 6.07) is 12.4. The third-order valence-corrected chi connectivity index (χ3v) is 7.46. The predicted octanol–water partition coefficient (Wildman–Crippen LogP) is 5.06. The number of aromatic nitrogens is 4. The zero-order chi connectivity index (χ0) is 25.2. The van der Waals surface area contributed by atoms with Crippen LogP contribution in [0, 0.1) is 11.8 Å². The van der Waals surface area contributed by atoms with Gasteiger partial charge in [0.15, 0.2) is 0 Å². The van der Waals surface area contributed by atoms with Gasteiger partial charge in [0.2, 0.25) is 0 Å². The molecule has 2 fully saturated rings. The fourth-order valence-electron chi connectivity index (χ4n) is 5.10. The second kappa shape index (κ2) is 10.4. The van der Waals surface area contributed by atoms with Gasteiger partial charge in [0.05, 0.1) is 43.3 Å². The highest BCUT2D eigenvalue weighted by Gasteiger charge is 2.26. The van der Waals surface area contributed by atoms with Crippen LogP contribution in [-0.2, 0) is 6.54 Å². The van der Waals surface area contributed by atoms with Gasteiger partial charge in [-0.1, -0.05) is 0 Å². The second-order valence-electron chi connectivity index (χ2n) is 10.2. The molecule has 1 aliphatic heterocycles. The van der Waals surface area contributed by atoms with Gasteiger partial charge in [-0.15, -0.1) is 0 Å². The number of anilines is 2. The monoisotopic (exact) mass is 498 g/mol. The molecule has 2 aliphatic rings. The quantitative estimate of drug-likeness (QED) is 0.346. The van der Waals surface area contributed by atoms with Gasteiger partial charge in [0, 0.05) is 54.4 Å². The minimum atomic E-state index is 0.673. The van der Waals surface area contributed by atoms with E-state index in [0.29, 0.717) is 11.8 Å². The Morgan fingerprint density at radius 2 is 1.68 bits per heavy atom. The average molecular weight is 499 g/mol.